The van der Waals surface area contributed by atoms with Crippen LogP contribution in [0, 0.1) is 0 Å². The lowest BCUT2D eigenvalue weighted by Gasteiger charge is -2.07. The average molecular weight is 323 g/mol. The van der Waals surface area contributed by atoms with Gasteiger partial charge in [0.25, 0.3) is 0 Å². The number of carbonyl (C=O) groups excluding carboxylic acids is 1. The van der Waals surface area contributed by atoms with Crippen LogP contribution >= 0.6 is 11.3 Å². The molecule has 21 heavy (non-hydrogen) atoms. The van der Waals surface area contributed by atoms with Crippen molar-refractivity contribution in [2.75, 3.05) is 13.2 Å². The lowest BCUT2D eigenvalue weighted by Crippen LogP contribution is -2.29. The summed E-state index contributed by atoms with van der Waals surface area (Å²) < 4.78 is 39.6. The first-order valence-corrected chi connectivity index (χ1v) is 6.54. The van der Waals surface area contributed by atoms with E-state index in [-0.39, 0.29) is 6.54 Å². The van der Waals surface area contributed by atoms with Gasteiger partial charge in [0.1, 0.15) is 13.2 Å². The summed E-state index contributed by atoms with van der Waals surface area (Å²) in [6, 6.07) is 1.67. The molecule has 0 spiro atoms. The summed E-state index contributed by atoms with van der Waals surface area (Å²) in [4.78, 5) is 22.3. The number of thiophene rings is 1. The number of carboxylic acids is 1. The molecule has 0 aliphatic carbocycles. The highest BCUT2D eigenvalue weighted by molar-refractivity contribution is 7.10. The van der Waals surface area contributed by atoms with Crippen LogP contribution in [0.4, 0.5) is 13.2 Å². The molecular formula is C12H12F3NO4S. The number of rotatable bonds is 7. The molecule has 0 saturated heterocycles. The van der Waals surface area contributed by atoms with E-state index in [2.05, 4.69) is 10.1 Å². The summed E-state index contributed by atoms with van der Waals surface area (Å²) in [5.74, 6) is -1.73. The summed E-state index contributed by atoms with van der Waals surface area (Å²) in [5.41, 5.74) is 0.667. The fraction of sp³-hybridized carbons (Fsp3) is 0.333. The van der Waals surface area contributed by atoms with Crippen molar-refractivity contribution in [2.24, 2.45) is 0 Å². The first-order chi connectivity index (χ1) is 9.76. The average Bonchev–Trinajstić information content (AvgIpc) is 2.80. The van der Waals surface area contributed by atoms with Crippen LogP contribution in [0.2, 0.25) is 0 Å². The zero-order valence-electron chi connectivity index (χ0n) is 10.6. The van der Waals surface area contributed by atoms with Gasteiger partial charge in [-0.1, -0.05) is 0 Å². The van der Waals surface area contributed by atoms with Crippen molar-refractivity contribution in [3.63, 3.8) is 0 Å². The number of ether oxygens (including phenoxy) is 1. The molecule has 0 fully saturated rings. The Balaban J connectivity index is 2.32. The van der Waals surface area contributed by atoms with E-state index in [0.29, 0.717) is 5.56 Å². The SMILES string of the molecule is O=C(O)/C=C/c1csc(CNC(=O)COCC(F)(F)F)c1. The Morgan fingerprint density at radius 1 is 1.43 bits per heavy atom. The van der Waals surface area contributed by atoms with Crippen molar-refractivity contribution in [3.05, 3.63) is 28.0 Å². The smallest absolute Gasteiger partial charge is 0.411 e. The number of aliphatic carboxylic acids is 1. The molecule has 0 aliphatic heterocycles. The van der Waals surface area contributed by atoms with E-state index < -0.39 is 31.3 Å². The van der Waals surface area contributed by atoms with Crippen LogP contribution in [0.25, 0.3) is 6.08 Å². The minimum atomic E-state index is -4.46. The standard InChI is InChI=1S/C12H12F3NO4S/c13-12(14,15)7-20-5-10(17)16-4-9-3-8(6-21-9)1-2-11(18)19/h1-3,6H,4-5,7H2,(H,16,17)(H,18,19)/b2-1+. The number of carboxylic acid groups (broad SMARTS) is 1. The molecule has 9 heteroatoms. The van der Waals surface area contributed by atoms with Crippen LogP contribution in [-0.2, 0) is 20.9 Å². The Morgan fingerprint density at radius 3 is 2.76 bits per heavy atom. The molecule has 5 nitrogen and oxygen atoms in total. The van der Waals surface area contributed by atoms with Crippen LogP contribution in [0.5, 0.6) is 0 Å². The lowest BCUT2D eigenvalue weighted by atomic mass is 10.3. The fourth-order valence-electron chi connectivity index (χ4n) is 1.24. The van der Waals surface area contributed by atoms with Gasteiger partial charge < -0.3 is 15.2 Å². The highest BCUT2D eigenvalue weighted by atomic mass is 32.1. The Hall–Kier alpha value is -1.87. The number of carbonyl (C=O) groups is 2. The first-order valence-electron chi connectivity index (χ1n) is 5.66. The third kappa shape index (κ3) is 8.10. The predicted octanol–water partition coefficient (Wildman–Crippen LogP) is 2.04. The van der Waals surface area contributed by atoms with Crippen molar-refractivity contribution in [2.45, 2.75) is 12.7 Å². The number of halogens is 3. The van der Waals surface area contributed by atoms with E-state index in [1.165, 1.54) is 17.4 Å². The van der Waals surface area contributed by atoms with Crippen molar-refractivity contribution >= 4 is 29.3 Å². The molecule has 1 aromatic rings. The van der Waals surface area contributed by atoms with Crippen LogP contribution in [0.1, 0.15) is 10.4 Å². The largest absolute Gasteiger partial charge is 0.478 e. The summed E-state index contributed by atoms with van der Waals surface area (Å²) in [7, 11) is 0. The fourth-order valence-corrected chi connectivity index (χ4v) is 2.04. The van der Waals surface area contributed by atoms with Gasteiger partial charge in [-0.3, -0.25) is 4.79 Å². The highest BCUT2D eigenvalue weighted by Crippen LogP contribution is 2.16. The molecule has 0 radical (unpaired) electrons. The van der Waals surface area contributed by atoms with Crippen molar-refractivity contribution < 1.29 is 32.6 Å². The molecule has 1 heterocycles. The van der Waals surface area contributed by atoms with Gasteiger partial charge in [0.2, 0.25) is 5.91 Å². The molecular weight excluding hydrogens is 311 g/mol. The third-order valence-corrected chi connectivity index (χ3v) is 3.01. The highest BCUT2D eigenvalue weighted by Gasteiger charge is 2.27. The zero-order valence-corrected chi connectivity index (χ0v) is 11.5. The number of hydrogen-bond donors (Lipinski definition) is 2. The van der Waals surface area contributed by atoms with Gasteiger partial charge in [-0.15, -0.1) is 11.3 Å². The maximum atomic E-state index is 11.8. The predicted molar refractivity (Wildman–Crippen MR) is 69.7 cm³/mol. The Bertz CT molecular complexity index is 525. The van der Waals surface area contributed by atoms with E-state index in [9.17, 15) is 22.8 Å². The van der Waals surface area contributed by atoms with Gasteiger partial charge in [-0.25, -0.2) is 4.79 Å². The van der Waals surface area contributed by atoms with Gasteiger partial charge in [0.05, 0.1) is 6.54 Å². The van der Waals surface area contributed by atoms with Crippen molar-refractivity contribution in [1.82, 2.24) is 5.32 Å². The Kier molecular flexibility index (Phi) is 6.38. The number of alkyl halides is 3. The van der Waals surface area contributed by atoms with Crippen LogP contribution < -0.4 is 5.32 Å². The monoisotopic (exact) mass is 323 g/mol. The van der Waals surface area contributed by atoms with E-state index in [4.69, 9.17) is 5.11 Å². The van der Waals surface area contributed by atoms with E-state index >= 15 is 0 Å². The summed E-state index contributed by atoms with van der Waals surface area (Å²) >= 11 is 1.29. The van der Waals surface area contributed by atoms with E-state index in [1.807, 2.05) is 0 Å². The quantitative estimate of drug-likeness (QED) is 0.753. The molecule has 1 aromatic heterocycles. The van der Waals surface area contributed by atoms with Gasteiger partial charge in [-0.05, 0) is 23.1 Å². The summed E-state index contributed by atoms with van der Waals surface area (Å²) in [6.07, 6.45) is -2.08. The molecule has 116 valence electrons. The minimum absolute atomic E-state index is 0.139. The van der Waals surface area contributed by atoms with Crippen LogP contribution in [-0.4, -0.2) is 36.4 Å². The second-order valence-corrected chi connectivity index (χ2v) is 4.90. The normalized spacial score (nSPS) is 11.8. The summed E-state index contributed by atoms with van der Waals surface area (Å²) in [5, 5.41) is 12.6. The van der Waals surface area contributed by atoms with Gasteiger partial charge in [0, 0.05) is 11.0 Å². The Morgan fingerprint density at radius 2 is 2.14 bits per heavy atom. The molecule has 0 bridgehead atoms. The lowest BCUT2D eigenvalue weighted by molar-refractivity contribution is -0.175. The molecule has 0 aromatic carbocycles. The Labute approximate surface area is 122 Å². The molecule has 1 amide bonds. The molecule has 1 rings (SSSR count). The first kappa shape index (κ1) is 17.2. The maximum absolute atomic E-state index is 11.8. The molecule has 0 atom stereocenters. The minimum Gasteiger partial charge on any atom is -0.478 e. The van der Waals surface area contributed by atoms with Gasteiger partial charge in [0.15, 0.2) is 0 Å². The van der Waals surface area contributed by atoms with Gasteiger partial charge >= 0.3 is 12.1 Å². The van der Waals surface area contributed by atoms with Gasteiger partial charge in [-0.2, -0.15) is 13.2 Å². The van der Waals surface area contributed by atoms with Crippen LogP contribution in [0.15, 0.2) is 17.5 Å². The second-order valence-electron chi connectivity index (χ2n) is 3.90. The van der Waals surface area contributed by atoms with E-state index in [0.717, 1.165) is 11.0 Å². The van der Waals surface area contributed by atoms with E-state index in [1.54, 1.807) is 11.4 Å². The molecule has 2 N–H and O–H groups in total. The second kappa shape index (κ2) is 7.79. The summed E-state index contributed by atoms with van der Waals surface area (Å²) in [6.45, 7) is -2.00. The number of nitrogens with one attached hydrogen (secondary N) is 1. The topological polar surface area (TPSA) is 75.6 Å². The number of amides is 1. The third-order valence-electron chi connectivity index (χ3n) is 2.05. The van der Waals surface area contributed by atoms with Crippen molar-refractivity contribution in [3.8, 4) is 0 Å². The molecule has 0 unspecified atom stereocenters. The molecule has 0 saturated carbocycles. The molecule has 0 aliphatic rings. The van der Waals surface area contributed by atoms with Crippen molar-refractivity contribution in [1.29, 1.82) is 0 Å². The number of hydrogen-bond acceptors (Lipinski definition) is 4. The van der Waals surface area contributed by atoms with Crippen LogP contribution in [0.3, 0.4) is 0 Å². The zero-order chi connectivity index (χ0) is 15.9. The maximum Gasteiger partial charge on any atom is 0.411 e.